The second-order valence-corrected chi connectivity index (χ2v) is 6.80. The van der Waals surface area contributed by atoms with Gasteiger partial charge in [-0.3, -0.25) is 0 Å². The number of methoxy groups -OCH3 is 2. The maximum absolute atomic E-state index is 12.3. The van der Waals surface area contributed by atoms with Gasteiger partial charge in [0.2, 0.25) is 10.0 Å². The number of nitrogens with one attached hydrogen (secondary N) is 1. The van der Waals surface area contributed by atoms with Gasteiger partial charge in [0.1, 0.15) is 16.4 Å². The summed E-state index contributed by atoms with van der Waals surface area (Å²) in [6, 6.07) is 4.65. The van der Waals surface area contributed by atoms with E-state index in [2.05, 4.69) is 9.71 Å². The molecule has 1 heterocycles. The highest BCUT2D eigenvalue weighted by atomic mass is 32.2. The van der Waals surface area contributed by atoms with Gasteiger partial charge in [0.05, 0.1) is 19.2 Å². The fraction of sp³-hybridized carbons (Fsp3) is 0.308. The van der Waals surface area contributed by atoms with Crippen molar-refractivity contribution in [3.8, 4) is 11.5 Å². The van der Waals surface area contributed by atoms with Gasteiger partial charge >= 0.3 is 0 Å². The lowest BCUT2D eigenvalue weighted by Gasteiger charge is -2.11. The molecule has 1 aromatic heterocycles. The highest BCUT2D eigenvalue weighted by Crippen LogP contribution is 2.27. The molecular formula is C13H16N2O4S2. The molecular weight excluding hydrogens is 312 g/mol. The monoisotopic (exact) mass is 328 g/mol. The van der Waals surface area contributed by atoms with Crippen molar-refractivity contribution in [2.45, 2.75) is 11.3 Å². The van der Waals surface area contributed by atoms with Gasteiger partial charge in [-0.2, -0.15) is 0 Å². The standard InChI is InChI=1S/C13H16N2O4S2/c1-18-10-3-4-11(19-2)12(9-10)21(16,17)15-6-5-13-14-7-8-20-13/h3-4,7-9,15H,5-6H2,1-2H3. The molecule has 0 unspecified atom stereocenters. The third-order valence-corrected chi connectivity index (χ3v) is 5.10. The van der Waals surface area contributed by atoms with Crippen molar-refractivity contribution in [2.75, 3.05) is 20.8 Å². The average molecular weight is 328 g/mol. The molecule has 0 radical (unpaired) electrons. The number of hydrogen-bond donors (Lipinski definition) is 1. The Hall–Kier alpha value is -1.64. The summed E-state index contributed by atoms with van der Waals surface area (Å²) >= 11 is 1.49. The van der Waals surface area contributed by atoms with Crippen LogP contribution in [0.2, 0.25) is 0 Å². The van der Waals surface area contributed by atoms with E-state index in [1.807, 2.05) is 5.38 Å². The Morgan fingerprint density at radius 1 is 1.29 bits per heavy atom. The van der Waals surface area contributed by atoms with E-state index in [-0.39, 0.29) is 17.2 Å². The molecule has 0 aliphatic heterocycles. The third-order valence-electron chi connectivity index (χ3n) is 2.77. The van der Waals surface area contributed by atoms with Gasteiger partial charge in [0.25, 0.3) is 0 Å². The van der Waals surface area contributed by atoms with Crippen molar-refractivity contribution >= 4 is 21.4 Å². The zero-order valence-electron chi connectivity index (χ0n) is 11.7. The Morgan fingerprint density at radius 3 is 2.71 bits per heavy atom. The smallest absolute Gasteiger partial charge is 0.244 e. The van der Waals surface area contributed by atoms with Crippen molar-refractivity contribution in [1.82, 2.24) is 9.71 Å². The predicted octanol–water partition coefficient (Wildman–Crippen LogP) is 1.68. The van der Waals surface area contributed by atoms with E-state index >= 15 is 0 Å². The molecule has 114 valence electrons. The Labute approximate surface area is 127 Å². The van der Waals surface area contributed by atoms with Crippen molar-refractivity contribution in [2.24, 2.45) is 0 Å². The van der Waals surface area contributed by atoms with E-state index in [1.54, 1.807) is 18.3 Å². The molecule has 21 heavy (non-hydrogen) atoms. The minimum Gasteiger partial charge on any atom is -0.497 e. The third kappa shape index (κ3) is 3.93. The summed E-state index contributed by atoms with van der Waals surface area (Å²) in [4.78, 5) is 4.17. The molecule has 0 aliphatic rings. The molecule has 0 spiro atoms. The van der Waals surface area contributed by atoms with Crippen LogP contribution in [-0.2, 0) is 16.4 Å². The van der Waals surface area contributed by atoms with Gasteiger partial charge in [-0.05, 0) is 12.1 Å². The first kappa shape index (κ1) is 15.7. The first-order valence-electron chi connectivity index (χ1n) is 6.17. The number of hydrogen-bond acceptors (Lipinski definition) is 6. The normalized spacial score (nSPS) is 11.3. The molecule has 0 atom stereocenters. The number of rotatable bonds is 7. The largest absolute Gasteiger partial charge is 0.497 e. The van der Waals surface area contributed by atoms with E-state index in [0.717, 1.165) is 5.01 Å². The Bertz CT molecular complexity index is 684. The van der Waals surface area contributed by atoms with Crippen molar-refractivity contribution in [1.29, 1.82) is 0 Å². The Morgan fingerprint density at radius 2 is 2.10 bits per heavy atom. The molecule has 1 N–H and O–H groups in total. The highest BCUT2D eigenvalue weighted by Gasteiger charge is 2.20. The van der Waals surface area contributed by atoms with Gasteiger partial charge in [-0.1, -0.05) is 0 Å². The lowest BCUT2D eigenvalue weighted by Crippen LogP contribution is -2.26. The van der Waals surface area contributed by atoms with Crippen molar-refractivity contribution in [3.63, 3.8) is 0 Å². The summed E-state index contributed by atoms with van der Waals surface area (Å²) in [5.41, 5.74) is 0. The van der Waals surface area contributed by atoms with Gasteiger partial charge < -0.3 is 9.47 Å². The Kier molecular flexibility index (Phi) is 5.16. The van der Waals surface area contributed by atoms with Crippen LogP contribution in [0.15, 0.2) is 34.7 Å². The van der Waals surface area contributed by atoms with Crippen LogP contribution in [0.5, 0.6) is 11.5 Å². The summed E-state index contributed by atoms with van der Waals surface area (Å²) in [6.07, 6.45) is 2.24. The number of nitrogens with zero attached hydrogens (tertiary/aromatic N) is 1. The second kappa shape index (κ2) is 6.88. The van der Waals surface area contributed by atoms with Gasteiger partial charge in [0, 0.05) is 30.6 Å². The molecule has 2 aromatic rings. The molecule has 0 aliphatic carbocycles. The Balaban J connectivity index is 2.14. The summed E-state index contributed by atoms with van der Waals surface area (Å²) in [5.74, 6) is 0.730. The predicted molar refractivity (Wildman–Crippen MR) is 80.6 cm³/mol. The molecule has 0 fully saturated rings. The molecule has 0 saturated carbocycles. The minimum atomic E-state index is -3.67. The second-order valence-electron chi connectivity index (χ2n) is 4.09. The highest BCUT2D eigenvalue weighted by molar-refractivity contribution is 7.89. The average Bonchev–Trinajstić information content (AvgIpc) is 2.99. The van der Waals surface area contributed by atoms with E-state index < -0.39 is 10.0 Å². The molecule has 0 saturated heterocycles. The molecule has 8 heteroatoms. The van der Waals surface area contributed by atoms with E-state index in [0.29, 0.717) is 12.2 Å². The maximum Gasteiger partial charge on any atom is 0.244 e. The first-order valence-corrected chi connectivity index (χ1v) is 8.53. The summed E-state index contributed by atoms with van der Waals surface area (Å²) < 4.78 is 37.4. The molecule has 6 nitrogen and oxygen atoms in total. The summed E-state index contributed by atoms with van der Waals surface area (Å²) in [6.45, 7) is 0.274. The summed E-state index contributed by atoms with van der Waals surface area (Å²) in [5, 5.41) is 2.74. The fourth-order valence-electron chi connectivity index (χ4n) is 1.74. The van der Waals surface area contributed by atoms with Gasteiger partial charge in [0.15, 0.2) is 0 Å². The number of ether oxygens (including phenoxy) is 2. The van der Waals surface area contributed by atoms with Crippen LogP contribution in [0.1, 0.15) is 5.01 Å². The lowest BCUT2D eigenvalue weighted by molar-refractivity contribution is 0.392. The van der Waals surface area contributed by atoms with E-state index in [1.165, 1.54) is 31.6 Å². The van der Waals surface area contributed by atoms with Gasteiger partial charge in [-0.15, -0.1) is 11.3 Å². The first-order chi connectivity index (χ1) is 10.1. The van der Waals surface area contributed by atoms with Crippen molar-refractivity contribution < 1.29 is 17.9 Å². The maximum atomic E-state index is 12.3. The van der Waals surface area contributed by atoms with Crippen molar-refractivity contribution in [3.05, 3.63) is 34.8 Å². The minimum absolute atomic E-state index is 0.0588. The van der Waals surface area contributed by atoms with Gasteiger partial charge in [-0.25, -0.2) is 18.1 Å². The topological polar surface area (TPSA) is 77.5 Å². The number of thiazole rings is 1. The molecule has 2 rings (SSSR count). The fourth-order valence-corrected chi connectivity index (χ4v) is 3.57. The SMILES string of the molecule is COc1ccc(OC)c(S(=O)(=O)NCCc2nccs2)c1. The lowest BCUT2D eigenvalue weighted by atomic mass is 10.3. The van der Waals surface area contributed by atoms with E-state index in [4.69, 9.17) is 9.47 Å². The molecule has 0 amide bonds. The number of aromatic nitrogens is 1. The quantitative estimate of drug-likeness (QED) is 0.837. The van der Waals surface area contributed by atoms with E-state index in [9.17, 15) is 8.42 Å². The number of sulfonamides is 1. The zero-order chi connectivity index (χ0) is 15.3. The van der Waals surface area contributed by atoms with Crippen LogP contribution in [0, 0.1) is 0 Å². The van der Waals surface area contributed by atoms with Crippen LogP contribution >= 0.6 is 11.3 Å². The molecule has 1 aromatic carbocycles. The number of benzene rings is 1. The van der Waals surface area contributed by atoms with Crippen LogP contribution < -0.4 is 14.2 Å². The summed E-state index contributed by atoms with van der Waals surface area (Å²) in [7, 11) is -0.760. The van der Waals surface area contributed by atoms with Crippen LogP contribution in [0.4, 0.5) is 0 Å². The molecule has 0 bridgehead atoms. The zero-order valence-corrected chi connectivity index (χ0v) is 13.3. The van der Waals surface area contributed by atoms with Crippen LogP contribution in [0.25, 0.3) is 0 Å². The van der Waals surface area contributed by atoms with Crippen LogP contribution in [0.3, 0.4) is 0 Å². The van der Waals surface area contributed by atoms with Crippen LogP contribution in [-0.4, -0.2) is 34.2 Å².